The largest absolute Gasteiger partial charge is 0.377 e. The van der Waals surface area contributed by atoms with Crippen LogP contribution in [0.2, 0.25) is 0 Å². The summed E-state index contributed by atoms with van der Waals surface area (Å²) in [5, 5.41) is 0. The Bertz CT molecular complexity index is 405. The van der Waals surface area contributed by atoms with Crippen molar-refractivity contribution in [2.45, 2.75) is 52.7 Å². The summed E-state index contributed by atoms with van der Waals surface area (Å²) in [5.74, 6) is 0.717. The molecule has 0 bridgehead atoms. The number of aryl methyl sites for hydroxylation is 1. The van der Waals surface area contributed by atoms with Crippen LogP contribution in [-0.2, 0) is 4.74 Å². The second kappa shape index (κ2) is 7.14. The number of ether oxygens (including phenoxy) is 1. The molecule has 1 aromatic rings. The van der Waals surface area contributed by atoms with Gasteiger partial charge >= 0.3 is 0 Å². The quantitative estimate of drug-likeness (QED) is 0.801. The molecule has 1 aliphatic rings. The van der Waals surface area contributed by atoms with E-state index in [1.54, 1.807) is 0 Å². The van der Waals surface area contributed by atoms with Crippen molar-refractivity contribution >= 4 is 0 Å². The van der Waals surface area contributed by atoms with Gasteiger partial charge in [-0.15, -0.1) is 0 Å². The molecule has 0 spiro atoms. The van der Waals surface area contributed by atoms with E-state index in [0.29, 0.717) is 18.1 Å². The van der Waals surface area contributed by atoms with Crippen LogP contribution in [0.1, 0.15) is 51.0 Å². The van der Waals surface area contributed by atoms with Crippen LogP contribution in [0.4, 0.5) is 0 Å². The van der Waals surface area contributed by atoms with Crippen LogP contribution in [0.5, 0.6) is 0 Å². The molecule has 4 nitrogen and oxygen atoms in total. The molecule has 0 aliphatic carbocycles. The molecule has 2 heterocycles. The van der Waals surface area contributed by atoms with Crippen molar-refractivity contribution in [1.82, 2.24) is 14.9 Å². The van der Waals surface area contributed by atoms with Crippen LogP contribution >= 0.6 is 0 Å². The van der Waals surface area contributed by atoms with E-state index in [-0.39, 0.29) is 0 Å². The third kappa shape index (κ3) is 4.25. The van der Waals surface area contributed by atoms with Gasteiger partial charge in [0.15, 0.2) is 0 Å². The van der Waals surface area contributed by atoms with Crippen molar-refractivity contribution in [1.29, 1.82) is 0 Å². The van der Waals surface area contributed by atoms with Crippen molar-refractivity contribution < 1.29 is 4.74 Å². The molecule has 20 heavy (non-hydrogen) atoms. The van der Waals surface area contributed by atoms with Crippen LogP contribution in [0.25, 0.3) is 0 Å². The van der Waals surface area contributed by atoms with Gasteiger partial charge < -0.3 is 4.74 Å². The van der Waals surface area contributed by atoms with Gasteiger partial charge in [-0.2, -0.15) is 0 Å². The highest BCUT2D eigenvalue weighted by molar-refractivity contribution is 5.06. The average Bonchev–Trinajstić information content (AvgIpc) is 2.87. The Balaban J connectivity index is 1.81. The first kappa shape index (κ1) is 15.4. The summed E-state index contributed by atoms with van der Waals surface area (Å²) >= 11 is 0. The molecule has 0 unspecified atom stereocenters. The van der Waals surface area contributed by atoms with Gasteiger partial charge in [-0.1, -0.05) is 13.8 Å². The first-order valence-electron chi connectivity index (χ1n) is 7.70. The van der Waals surface area contributed by atoms with Gasteiger partial charge in [0.2, 0.25) is 0 Å². The lowest BCUT2D eigenvalue weighted by Crippen LogP contribution is -2.27. The molecule has 2 atom stereocenters. The smallest absolute Gasteiger partial charge is 0.0755 e. The summed E-state index contributed by atoms with van der Waals surface area (Å²) < 4.78 is 5.97. The Morgan fingerprint density at radius 1 is 1.30 bits per heavy atom. The molecule has 2 rings (SSSR count). The molecule has 112 valence electrons. The van der Waals surface area contributed by atoms with Crippen LogP contribution in [-0.4, -0.2) is 40.7 Å². The maximum absolute atomic E-state index is 5.97. The van der Waals surface area contributed by atoms with E-state index in [1.165, 1.54) is 0 Å². The lowest BCUT2D eigenvalue weighted by atomic mass is 10.1. The van der Waals surface area contributed by atoms with Gasteiger partial charge in [0.25, 0.3) is 0 Å². The Kier molecular flexibility index (Phi) is 5.49. The number of hydrogen-bond donors (Lipinski definition) is 0. The van der Waals surface area contributed by atoms with Crippen molar-refractivity contribution in [3.05, 3.63) is 23.8 Å². The Hall–Kier alpha value is -1.00. The molecule has 1 aromatic heterocycles. The highest BCUT2D eigenvalue weighted by Gasteiger charge is 2.27. The van der Waals surface area contributed by atoms with E-state index in [4.69, 9.17) is 4.74 Å². The molecule has 4 heteroatoms. The van der Waals surface area contributed by atoms with Gasteiger partial charge in [-0.25, -0.2) is 0 Å². The van der Waals surface area contributed by atoms with E-state index in [0.717, 1.165) is 43.9 Å². The van der Waals surface area contributed by atoms with Crippen LogP contribution in [0.3, 0.4) is 0 Å². The molecule has 0 saturated carbocycles. The van der Waals surface area contributed by atoms with Gasteiger partial charge in [0, 0.05) is 25.9 Å². The maximum Gasteiger partial charge on any atom is 0.0755 e. The summed E-state index contributed by atoms with van der Waals surface area (Å²) in [6, 6.07) is 0.321. The van der Waals surface area contributed by atoms with E-state index in [9.17, 15) is 0 Å². The normalized spacial score (nSPS) is 21.6. The molecule has 0 radical (unpaired) electrons. The van der Waals surface area contributed by atoms with Crippen LogP contribution < -0.4 is 0 Å². The molecule has 1 fully saturated rings. The predicted molar refractivity (Wildman–Crippen MR) is 80.6 cm³/mol. The monoisotopic (exact) mass is 277 g/mol. The Morgan fingerprint density at radius 3 is 2.75 bits per heavy atom. The number of rotatable bonds is 6. The third-order valence-electron chi connectivity index (χ3n) is 4.00. The summed E-state index contributed by atoms with van der Waals surface area (Å²) in [7, 11) is 0. The molecule has 0 N–H and O–H groups in total. The maximum atomic E-state index is 5.97. The van der Waals surface area contributed by atoms with Crippen molar-refractivity contribution in [3.8, 4) is 0 Å². The zero-order chi connectivity index (χ0) is 14.5. The zero-order valence-electron chi connectivity index (χ0n) is 13.2. The van der Waals surface area contributed by atoms with Crippen LogP contribution in [0.15, 0.2) is 12.4 Å². The number of nitrogens with zero attached hydrogens (tertiary/aromatic N) is 3. The topological polar surface area (TPSA) is 38.2 Å². The summed E-state index contributed by atoms with van der Waals surface area (Å²) in [5.41, 5.74) is 2.02. The van der Waals surface area contributed by atoms with Crippen LogP contribution in [0, 0.1) is 12.8 Å². The summed E-state index contributed by atoms with van der Waals surface area (Å²) in [6.45, 7) is 11.6. The van der Waals surface area contributed by atoms with E-state index >= 15 is 0 Å². The standard InChI is InChI=1S/C16H27N3O/c1-12(2)6-8-20-15-5-7-19(11-15)14(4)16-10-17-13(3)9-18-16/h9-10,12,14-15H,5-8,11H2,1-4H3/t14-,15-/m0/s1. The highest BCUT2D eigenvalue weighted by Crippen LogP contribution is 2.24. The van der Waals surface area contributed by atoms with Gasteiger partial charge in [0.05, 0.1) is 29.7 Å². The summed E-state index contributed by atoms with van der Waals surface area (Å²) in [4.78, 5) is 11.3. The minimum Gasteiger partial charge on any atom is -0.377 e. The third-order valence-corrected chi connectivity index (χ3v) is 4.00. The minimum atomic E-state index is 0.321. The number of aromatic nitrogens is 2. The number of likely N-dealkylation sites (tertiary alicyclic amines) is 1. The molecule has 0 aromatic carbocycles. The minimum absolute atomic E-state index is 0.321. The average molecular weight is 277 g/mol. The SMILES string of the molecule is Cc1cnc([C@H](C)N2CC[C@H](OCCC(C)C)C2)cn1. The van der Waals surface area contributed by atoms with Gasteiger partial charge in [-0.3, -0.25) is 14.9 Å². The second-order valence-electron chi connectivity index (χ2n) is 6.22. The lowest BCUT2D eigenvalue weighted by molar-refractivity contribution is 0.0491. The fraction of sp³-hybridized carbons (Fsp3) is 0.750. The first-order valence-corrected chi connectivity index (χ1v) is 7.70. The predicted octanol–water partition coefficient (Wildman–Crippen LogP) is 2.98. The Labute approximate surface area is 122 Å². The molecule has 1 saturated heterocycles. The fourth-order valence-corrected chi connectivity index (χ4v) is 2.52. The van der Waals surface area contributed by atoms with Crippen molar-refractivity contribution in [2.24, 2.45) is 5.92 Å². The van der Waals surface area contributed by atoms with E-state index in [2.05, 4.69) is 35.6 Å². The molecule has 0 amide bonds. The lowest BCUT2D eigenvalue weighted by Gasteiger charge is -2.23. The van der Waals surface area contributed by atoms with Crippen molar-refractivity contribution in [3.63, 3.8) is 0 Å². The number of hydrogen-bond acceptors (Lipinski definition) is 4. The Morgan fingerprint density at radius 2 is 2.10 bits per heavy atom. The molecular weight excluding hydrogens is 250 g/mol. The van der Waals surface area contributed by atoms with E-state index < -0.39 is 0 Å². The molecule has 1 aliphatic heterocycles. The van der Waals surface area contributed by atoms with Gasteiger partial charge in [0.1, 0.15) is 0 Å². The second-order valence-corrected chi connectivity index (χ2v) is 6.22. The summed E-state index contributed by atoms with van der Waals surface area (Å²) in [6.07, 6.45) is 6.40. The van der Waals surface area contributed by atoms with E-state index in [1.807, 2.05) is 19.3 Å². The fourth-order valence-electron chi connectivity index (χ4n) is 2.52. The van der Waals surface area contributed by atoms with Crippen molar-refractivity contribution in [2.75, 3.05) is 19.7 Å². The first-order chi connectivity index (χ1) is 9.56. The zero-order valence-corrected chi connectivity index (χ0v) is 13.2. The molecular formula is C16H27N3O. The van der Waals surface area contributed by atoms with Gasteiger partial charge in [-0.05, 0) is 32.6 Å². The highest BCUT2D eigenvalue weighted by atomic mass is 16.5.